The normalized spacial score (nSPS) is 24.5. The van der Waals surface area contributed by atoms with Gasteiger partial charge in [-0.05, 0) is 43.1 Å². The van der Waals surface area contributed by atoms with Crippen molar-refractivity contribution in [1.29, 1.82) is 0 Å². The van der Waals surface area contributed by atoms with Crippen molar-refractivity contribution in [2.24, 2.45) is 17.3 Å². The van der Waals surface area contributed by atoms with Crippen molar-refractivity contribution in [2.75, 3.05) is 39.3 Å². The molecule has 4 heteroatoms. The highest BCUT2D eigenvalue weighted by molar-refractivity contribution is 5.74. The van der Waals surface area contributed by atoms with Gasteiger partial charge >= 0.3 is 6.03 Å². The number of carbonyl (C=O) groups is 1. The predicted octanol–water partition coefficient (Wildman–Crippen LogP) is 2.96. The summed E-state index contributed by atoms with van der Waals surface area (Å²) < 4.78 is 0. The number of nitrogens with zero attached hydrogens (tertiary/aromatic N) is 2. The van der Waals surface area contributed by atoms with E-state index in [2.05, 4.69) is 37.6 Å². The molecule has 2 amide bonds. The molecule has 0 aromatic heterocycles. The highest BCUT2D eigenvalue weighted by atomic mass is 16.2. The van der Waals surface area contributed by atoms with Gasteiger partial charge in [0.25, 0.3) is 0 Å². The Balaban J connectivity index is 1.73. The fourth-order valence-electron chi connectivity index (χ4n) is 3.91. The molecule has 1 unspecified atom stereocenters. The minimum Gasteiger partial charge on any atom is -0.335 e. The minimum absolute atomic E-state index is 0.0686. The fraction of sp³-hybridized carbons (Fsp3) is 0.833. The van der Waals surface area contributed by atoms with Crippen LogP contribution in [0.4, 0.5) is 4.79 Å². The summed E-state index contributed by atoms with van der Waals surface area (Å²) in [5, 5.41) is 2.88. The number of nitrogens with one attached hydrogen (secondary N) is 1. The lowest BCUT2D eigenvalue weighted by molar-refractivity contribution is 0.146. The molecule has 0 saturated carbocycles. The van der Waals surface area contributed by atoms with Crippen LogP contribution in [0, 0.1) is 17.3 Å². The van der Waals surface area contributed by atoms with Crippen LogP contribution in [0.25, 0.3) is 0 Å². The van der Waals surface area contributed by atoms with Gasteiger partial charge in [0, 0.05) is 32.7 Å². The highest BCUT2D eigenvalue weighted by Gasteiger charge is 2.33. The molecule has 2 heterocycles. The molecule has 2 fully saturated rings. The Bertz CT molecular complexity index is 380. The Morgan fingerprint density at radius 3 is 2.41 bits per heavy atom. The molecule has 2 aliphatic rings. The Morgan fingerprint density at radius 1 is 1.18 bits per heavy atom. The second-order valence-electron chi connectivity index (χ2n) is 8.14. The van der Waals surface area contributed by atoms with E-state index in [9.17, 15) is 4.79 Å². The van der Waals surface area contributed by atoms with E-state index >= 15 is 0 Å². The van der Waals surface area contributed by atoms with Gasteiger partial charge in [0.2, 0.25) is 0 Å². The van der Waals surface area contributed by atoms with Crippen LogP contribution in [0.5, 0.6) is 0 Å². The number of amides is 2. The second kappa shape index (κ2) is 7.49. The minimum atomic E-state index is 0.0686. The first-order chi connectivity index (χ1) is 10.4. The Morgan fingerprint density at radius 2 is 1.82 bits per heavy atom. The average molecular weight is 307 g/mol. The van der Waals surface area contributed by atoms with Gasteiger partial charge in [0.1, 0.15) is 0 Å². The molecule has 0 aromatic carbocycles. The zero-order chi connectivity index (χ0) is 16.2. The second-order valence-corrected chi connectivity index (χ2v) is 8.14. The molecule has 2 rings (SSSR count). The summed E-state index contributed by atoms with van der Waals surface area (Å²) in [6, 6.07) is 0.0686. The largest absolute Gasteiger partial charge is 0.335 e. The third-order valence-electron chi connectivity index (χ3n) is 4.90. The van der Waals surface area contributed by atoms with Crippen molar-refractivity contribution in [2.45, 2.75) is 40.0 Å². The topological polar surface area (TPSA) is 35.6 Å². The molecule has 2 aliphatic heterocycles. The first-order valence-electron chi connectivity index (χ1n) is 8.75. The van der Waals surface area contributed by atoms with E-state index in [1.807, 2.05) is 4.90 Å². The van der Waals surface area contributed by atoms with Gasteiger partial charge in [0.05, 0.1) is 0 Å². The lowest BCUT2D eigenvalue weighted by Gasteiger charge is -2.35. The van der Waals surface area contributed by atoms with E-state index < -0.39 is 0 Å². The molecule has 4 nitrogen and oxygen atoms in total. The SMILES string of the molecule is C=CCNC(=O)N1CCC(C2CCN(CC(C)(C)C)C2)CC1. The van der Waals surface area contributed by atoms with Crippen molar-refractivity contribution in [1.82, 2.24) is 15.1 Å². The fourth-order valence-corrected chi connectivity index (χ4v) is 3.91. The maximum Gasteiger partial charge on any atom is 0.317 e. The first-order valence-corrected chi connectivity index (χ1v) is 8.75. The maximum atomic E-state index is 12.0. The van der Waals surface area contributed by atoms with Crippen LogP contribution >= 0.6 is 0 Å². The Labute approximate surface area is 135 Å². The molecule has 2 saturated heterocycles. The lowest BCUT2D eigenvalue weighted by Crippen LogP contribution is -2.45. The van der Waals surface area contributed by atoms with Gasteiger partial charge in [-0.25, -0.2) is 4.79 Å². The molecule has 0 aromatic rings. The molecule has 0 radical (unpaired) electrons. The summed E-state index contributed by atoms with van der Waals surface area (Å²) in [6.07, 6.45) is 5.39. The highest BCUT2D eigenvalue weighted by Crippen LogP contribution is 2.33. The number of urea groups is 1. The molecule has 126 valence electrons. The predicted molar refractivity (Wildman–Crippen MR) is 91.9 cm³/mol. The summed E-state index contributed by atoms with van der Waals surface area (Å²) in [4.78, 5) is 16.5. The number of carbonyl (C=O) groups excluding carboxylic acids is 1. The van der Waals surface area contributed by atoms with Crippen molar-refractivity contribution in [3.05, 3.63) is 12.7 Å². The smallest absolute Gasteiger partial charge is 0.317 e. The van der Waals surface area contributed by atoms with Gasteiger partial charge in [0.15, 0.2) is 0 Å². The molecule has 0 aliphatic carbocycles. The molecule has 22 heavy (non-hydrogen) atoms. The van der Waals surface area contributed by atoms with Crippen molar-refractivity contribution >= 4 is 6.03 Å². The number of rotatable bonds is 4. The Hall–Kier alpha value is -1.03. The number of hydrogen-bond acceptors (Lipinski definition) is 2. The molecule has 1 N–H and O–H groups in total. The standard InChI is InChI=1S/C18H33N3O/c1-5-9-19-17(22)21-11-7-15(8-12-21)16-6-10-20(13-16)14-18(2,3)4/h5,15-16H,1,6-14H2,2-4H3,(H,19,22). The summed E-state index contributed by atoms with van der Waals surface area (Å²) >= 11 is 0. The van der Waals surface area contributed by atoms with Crippen LogP contribution < -0.4 is 5.32 Å². The summed E-state index contributed by atoms with van der Waals surface area (Å²) in [5.74, 6) is 1.63. The first kappa shape index (κ1) is 17.3. The average Bonchev–Trinajstić information content (AvgIpc) is 2.91. The van der Waals surface area contributed by atoms with Gasteiger partial charge in [-0.15, -0.1) is 6.58 Å². The van der Waals surface area contributed by atoms with E-state index in [0.717, 1.165) is 37.8 Å². The number of piperidine rings is 1. The van der Waals surface area contributed by atoms with Crippen LogP contribution in [-0.4, -0.2) is 55.1 Å². The van der Waals surface area contributed by atoms with Gasteiger partial charge in [-0.1, -0.05) is 26.8 Å². The van der Waals surface area contributed by atoms with Crippen molar-refractivity contribution < 1.29 is 4.79 Å². The van der Waals surface area contributed by atoms with Crippen LogP contribution in [0.15, 0.2) is 12.7 Å². The lowest BCUT2D eigenvalue weighted by atomic mass is 9.84. The van der Waals surface area contributed by atoms with E-state index in [1.165, 1.54) is 26.1 Å². The molecule has 0 bridgehead atoms. The number of hydrogen-bond donors (Lipinski definition) is 1. The van der Waals surface area contributed by atoms with Crippen LogP contribution in [0.1, 0.15) is 40.0 Å². The van der Waals surface area contributed by atoms with Crippen LogP contribution in [0.3, 0.4) is 0 Å². The summed E-state index contributed by atoms with van der Waals surface area (Å²) in [7, 11) is 0. The molecular weight excluding hydrogens is 274 g/mol. The third-order valence-corrected chi connectivity index (χ3v) is 4.90. The van der Waals surface area contributed by atoms with Gasteiger partial charge < -0.3 is 15.1 Å². The maximum absolute atomic E-state index is 12.0. The van der Waals surface area contributed by atoms with E-state index in [4.69, 9.17) is 0 Å². The van der Waals surface area contributed by atoms with Crippen molar-refractivity contribution in [3.8, 4) is 0 Å². The van der Waals surface area contributed by atoms with Gasteiger partial charge in [-0.2, -0.15) is 0 Å². The summed E-state index contributed by atoms with van der Waals surface area (Å²) in [6.45, 7) is 16.7. The third kappa shape index (κ3) is 5.01. The zero-order valence-corrected chi connectivity index (χ0v) is 14.6. The van der Waals surface area contributed by atoms with Crippen molar-refractivity contribution in [3.63, 3.8) is 0 Å². The molecule has 1 atom stereocenters. The quantitative estimate of drug-likeness (QED) is 0.811. The van der Waals surface area contributed by atoms with Crippen LogP contribution in [0.2, 0.25) is 0 Å². The van der Waals surface area contributed by atoms with E-state index in [-0.39, 0.29) is 6.03 Å². The number of likely N-dealkylation sites (tertiary alicyclic amines) is 2. The Kier molecular flexibility index (Phi) is 5.90. The van der Waals surface area contributed by atoms with E-state index in [1.54, 1.807) is 6.08 Å². The monoisotopic (exact) mass is 307 g/mol. The van der Waals surface area contributed by atoms with Crippen LogP contribution in [-0.2, 0) is 0 Å². The van der Waals surface area contributed by atoms with E-state index in [0.29, 0.717) is 12.0 Å². The molecule has 0 spiro atoms. The zero-order valence-electron chi connectivity index (χ0n) is 14.6. The van der Waals surface area contributed by atoms with Gasteiger partial charge in [-0.3, -0.25) is 0 Å². The molecular formula is C18H33N3O. The summed E-state index contributed by atoms with van der Waals surface area (Å²) in [5.41, 5.74) is 0.390.